The third-order valence-corrected chi connectivity index (χ3v) is 29.3. The third kappa shape index (κ3) is 41.5. The molecule has 12 nitrogen and oxygen atoms in total. The molecular weight excluding hydrogens is 737 g/mol. The highest BCUT2D eigenvalue weighted by atomic mass is 28.5. The van der Waals surface area contributed by atoms with Crippen LogP contribution in [0.3, 0.4) is 0 Å². The Bertz CT molecular complexity index is 692. The molecule has 0 aliphatic heterocycles. The fraction of sp³-hybridized carbons (Fsp3) is 1.00. The fourth-order valence-corrected chi connectivity index (χ4v) is 33.1. The van der Waals surface area contributed by atoms with Crippen molar-refractivity contribution < 1.29 is 57.4 Å². The molecule has 19 heteroatoms. The van der Waals surface area contributed by atoms with Crippen molar-refractivity contribution in [2.45, 2.75) is 156 Å². The van der Waals surface area contributed by atoms with Gasteiger partial charge in [-0.2, -0.15) is 0 Å². The van der Waals surface area contributed by atoms with Crippen molar-refractivity contribution in [3.8, 4) is 0 Å². The maximum atomic E-state index is 9.47. The molecule has 0 saturated carbocycles. The minimum absolute atomic E-state index is 0. The first-order valence-electron chi connectivity index (χ1n) is 17.8. The van der Waals surface area contributed by atoms with Crippen LogP contribution in [0.2, 0.25) is 90.1 Å². The van der Waals surface area contributed by atoms with E-state index in [0.29, 0.717) is 6.61 Å². The highest BCUT2D eigenvalue weighted by Crippen LogP contribution is 2.32. The van der Waals surface area contributed by atoms with Crippen LogP contribution >= 0.6 is 0 Å². The zero-order valence-corrected chi connectivity index (χ0v) is 42.0. The monoisotopic (exact) mass is 820 g/mol. The van der Waals surface area contributed by atoms with E-state index >= 15 is 0 Å². The van der Waals surface area contributed by atoms with Gasteiger partial charge in [0.1, 0.15) is 25.6 Å². The molecule has 48 heavy (non-hydrogen) atoms. The first-order valence-corrected chi connectivity index (χ1v) is 36.1. The zero-order valence-electron chi connectivity index (χ0n) is 34.1. The van der Waals surface area contributed by atoms with Gasteiger partial charge in [-0.3, -0.25) is 0 Å². The van der Waals surface area contributed by atoms with Crippen LogP contribution in [0, 0.1) is 0 Å². The minimum Gasteiger partial charge on any atom is -0.456 e. The Kier molecular flexibility index (Phi) is 39.7. The number of aliphatic hydroxyl groups is 6. The molecule has 5 atom stereocenters. The third-order valence-electron chi connectivity index (χ3n) is 5.57. The molecule has 5 unspecified atom stereocenters. The molecule has 0 aromatic rings. The second kappa shape index (κ2) is 32.7. The molecule has 0 amide bonds. The lowest BCUT2D eigenvalue weighted by Gasteiger charge is -2.42. The van der Waals surface area contributed by atoms with Crippen molar-refractivity contribution in [3.05, 3.63) is 0 Å². The number of hydrogen-bond acceptors (Lipinski definition) is 12. The lowest BCUT2D eigenvalue weighted by atomic mass is 10.4. The SMILES string of the molecule is CC.CC.CC(O)CO.CC(O)CO.C[SiH2]O[Si](C)(C)O[Si](C)(CC[Si](C)(C)O[Si](C)(C)C)O[Si](C)(CCCOCC(O)CO)O[SiH2]C.[HH]. The molecule has 0 aliphatic carbocycles. The van der Waals surface area contributed by atoms with Gasteiger partial charge in [-0.15, -0.1) is 0 Å². The maximum Gasteiger partial charge on any atom is 0.317 e. The van der Waals surface area contributed by atoms with Crippen LogP contribution in [0.5, 0.6) is 0 Å². The predicted molar refractivity (Wildman–Crippen MR) is 221 cm³/mol. The molecule has 0 fully saturated rings. The van der Waals surface area contributed by atoms with E-state index < -0.39 is 80.2 Å². The van der Waals surface area contributed by atoms with Crippen molar-refractivity contribution in [1.29, 1.82) is 0 Å². The van der Waals surface area contributed by atoms with Crippen molar-refractivity contribution in [3.63, 3.8) is 0 Å². The van der Waals surface area contributed by atoms with E-state index in [1.807, 2.05) is 27.7 Å². The number of rotatable bonds is 22. The quantitative estimate of drug-likeness (QED) is 0.0686. The van der Waals surface area contributed by atoms with Crippen LogP contribution < -0.4 is 0 Å². The standard InChI is InChI=1S/C19H54O8Si7.2C3H8O2.2C2H6.H2/c1-28-23-32(8,9)26-34(11,16-15-31(6,7)25-30(3,4)5)27-33(10,24-29-2)14-12-13-22-18-19(21)17-20;2*1-3(5)2-4;2*1-2;/h19-21H,12-18,28-29H2,1-11H3;2*3-5H,2H2,1H3;2*1-2H3;1H. The van der Waals surface area contributed by atoms with Gasteiger partial charge in [0.05, 0.1) is 38.6 Å². The summed E-state index contributed by atoms with van der Waals surface area (Å²) in [7, 11) is -12.1. The summed E-state index contributed by atoms with van der Waals surface area (Å²) in [6.07, 6.45) is -1.16. The molecule has 0 radical (unpaired) electrons. The molecular formula is C29H84O12Si7. The van der Waals surface area contributed by atoms with Crippen LogP contribution in [-0.4, -0.2) is 144 Å². The Morgan fingerprint density at radius 2 is 1.04 bits per heavy atom. The van der Waals surface area contributed by atoms with Crippen LogP contribution in [0.25, 0.3) is 0 Å². The lowest BCUT2D eigenvalue weighted by Crippen LogP contribution is -2.58. The lowest BCUT2D eigenvalue weighted by molar-refractivity contribution is 0.00624. The highest BCUT2D eigenvalue weighted by Gasteiger charge is 2.47. The smallest absolute Gasteiger partial charge is 0.317 e. The summed E-state index contributed by atoms with van der Waals surface area (Å²) >= 11 is 0. The van der Waals surface area contributed by atoms with Crippen molar-refractivity contribution in [2.24, 2.45) is 0 Å². The van der Waals surface area contributed by atoms with Gasteiger partial charge in [-0.1, -0.05) is 40.8 Å². The topological polar surface area (TPSA) is 177 Å². The first kappa shape index (κ1) is 58.4. The van der Waals surface area contributed by atoms with E-state index in [1.54, 1.807) is 0 Å². The normalized spacial score (nSPS) is 16.6. The van der Waals surface area contributed by atoms with E-state index in [-0.39, 0.29) is 27.9 Å². The van der Waals surface area contributed by atoms with Crippen molar-refractivity contribution in [2.75, 3.05) is 33.0 Å². The Labute approximate surface area is 307 Å². The van der Waals surface area contributed by atoms with Gasteiger partial charge in [0.25, 0.3) is 0 Å². The van der Waals surface area contributed by atoms with E-state index in [1.165, 1.54) is 13.8 Å². The van der Waals surface area contributed by atoms with Crippen molar-refractivity contribution in [1.82, 2.24) is 0 Å². The summed E-state index contributed by atoms with van der Waals surface area (Å²) in [5, 5.41) is 50.4. The van der Waals surface area contributed by atoms with Gasteiger partial charge < -0.3 is 56.0 Å². The highest BCUT2D eigenvalue weighted by molar-refractivity contribution is 6.89. The summed E-state index contributed by atoms with van der Waals surface area (Å²) in [5.41, 5.74) is 0. The summed E-state index contributed by atoms with van der Waals surface area (Å²) < 4.78 is 38.5. The van der Waals surface area contributed by atoms with E-state index in [2.05, 4.69) is 72.0 Å². The average molecular weight is 822 g/mol. The van der Waals surface area contributed by atoms with Gasteiger partial charge in [0.2, 0.25) is 0 Å². The zero-order chi connectivity index (χ0) is 39.3. The molecule has 0 aromatic carbocycles. The van der Waals surface area contributed by atoms with Gasteiger partial charge >= 0.3 is 25.7 Å². The summed E-state index contributed by atoms with van der Waals surface area (Å²) in [5.74, 6) is 0. The van der Waals surface area contributed by atoms with E-state index in [9.17, 15) is 5.11 Å². The molecule has 6 N–H and O–H groups in total. The summed E-state index contributed by atoms with van der Waals surface area (Å²) in [6.45, 7) is 35.4. The van der Waals surface area contributed by atoms with E-state index in [4.69, 9.17) is 50.8 Å². The predicted octanol–water partition coefficient (Wildman–Crippen LogP) is 4.00. The van der Waals surface area contributed by atoms with Gasteiger partial charge in [0.15, 0.2) is 16.6 Å². The minimum atomic E-state index is -2.60. The van der Waals surface area contributed by atoms with Gasteiger partial charge in [-0.25, -0.2) is 0 Å². The molecule has 0 spiro atoms. The Balaban J connectivity index is -0.000000261. The molecule has 0 aliphatic rings. The van der Waals surface area contributed by atoms with Crippen LogP contribution in [0.4, 0.5) is 0 Å². The molecule has 0 rings (SSSR count). The Morgan fingerprint density at radius 1 is 0.604 bits per heavy atom. The molecule has 0 heterocycles. The first-order chi connectivity index (χ1) is 21.9. The van der Waals surface area contributed by atoms with Crippen LogP contribution in [0.1, 0.15) is 49.4 Å². The van der Waals surface area contributed by atoms with E-state index in [0.717, 1.165) is 24.6 Å². The molecule has 0 aromatic heterocycles. The van der Waals surface area contributed by atoms with Crippen molar-refractivity contribution >= 4 is 61.8 Å². The Morgan fingerprint density at radius 3 is 1.40 bits per heavy atom. The number of hydrogen-bond donors (Lipinski definition) is 6. The second-order valence-corrected chi connectivity index (χ2v) is 35.8. The Hall–Kier alpha value is 1.04. The summed E-state index contributed by atoms with van der Waals surface area (Å²) in [4.78, 5) is 0. The van der Waals surface area contributed by atoms with Gasteiger partial charge in [0, 0.05) is 8.03 Å². The van der Waals surface area contributed by atoms with Crippen LogP contribution in [0.15, 0.2) is 0 Å². The fourth-order valence-electron chi connectivity index (χ4n) is 4.11. The molecule has 0 saturated heterocycles. The largest absolute Gasteiger partial charge is 0.456 e. The number of aliphatic hydroxyl groups excluding tert-OH is 6. The average Bonchev–Trinajstić information content (AvgIpc) is 2.97. The summed E-state index contributed by atoms with van der Waals surface area (Å²) in [6, 6.07) is 2.70. The molecule has 300 valence electrons. The van der Waals surface area contributed by atoms with Crippen LogP contribution in [-0.2, 0) is 25.3 Å². The number of ether oxygens (including phenoxy) is 1. The maximum absolute atomic E-state index is 9.47. The molecule has 0 bridgehead atoms. The van der Waals surface area contributed by atoms with Gasteiger partial charge in [-0.05, 0) is 97.3 Å². The second-order valence-electron chi connectivity index (χ2n) is 13.3.